The second kappa shape index (κ2) is 10.1. The lowest BCUT2D eigenvalue weighted by Crippen LogP contribution is -2.64. The van der Waals surface area contributed by atoms with Crippen molar-refractivity contribution >= 4 is 11.9 Å². The van der Waals surface area contributed by atoms with E-state index in [1.807, 2.05) is 0 Å². The van der Waals surface area contributed by atoms with E-state index in [0.29, 0.717) is 0 Å². The van der Waals surface area contributed by atoms with Crippen LogP contribution in [0.2, 0.25) is 0 Å². The van der Waals surface area contributed by atoms with Crippen molar-refractivity contribution in [3.8, 4) is 0 Å². The first-order chi connectivity index (χ1) is 13.5. The van der Waals surface area contributed by atoms with Crippen molar-refractivity contribution in [2.24, 2.45) is 0 Å². The van der Waals surface area contributed by atoms with E-state index in [-0.39, 0.29) is 0 Å². The predicted octanol–water partition coefficient (Wildman–Crippen LogP) is -4.26. The van der Waals surface area contributed by atoms with E-state index in [9.17, 15) is 40.2 Å². The van der Waals surface area contributed by atoms with Gasteiger partial charge in [-0.15, -0.1) is 0 Å². The molecule has 2 aliphatic rings. The maximum atomic E-state index is 10.9. The molecule has 13 heteroatoms. The Morgan fingerprint density at radius 1 is 0.724 bits per heavy atom. The number of rotatable bonds is 6. The van der Waals surface area contributed by atoms with Crippen molar-refractivity contribution in [1.29, 1.82) is 0 Å². The van der Waals surface area contributed by atoms with E-state index in [1.54, 1.807) is 0 Å². The smallest absolute Gasteiger partial charge is 0.302 e. The zero-order valence-electron chi connectivity index (χ0n) is 15.7. The van der Waals surface area contributed by atoms with Gasteiger partial charge in [0, 0.05) is 13.8 Å². The van der Waals surface area contributed by atoms with Crippen LogP contribution in [0, 0.1) is 0 Å². The fourth-order valence-corrected chi connectivity index (χ4v) is 2.93. The van der Waals surface area contributed by atoms with Gasteiger partial charge in [-0.3, -0.25) is 9.59 Å². The highest BCUT2D eigenvalue weighted by Gasteiger charge is 2.50. The van der Waals surface area contributed by atoms with Gasteiger partial charge in [0.15, 0.2) is 12.6 Å². The van der Waals surface area contributed by atoms with Gasteiger partial charge in [-0.2, -0.15) is 0 Å². The third-order valence-corrected chi connectivity index (χ3v) is 4.52. The molecule has 10 atom stereocenters. The standard InChI is InChI=1S/C16H26O13/c1-5(17)25-3-7-10(20)12(22)14(15(24)27-7)29-16-13(23)11(21)9(19)8(28-16)4-26-6(2)18/h7-16,19-24H,3-4H2,1-2H3/t7?,8?,9-,10-,11?,12?,13+,14+,15+,16+/m1/s1. The van der Waals surface area contributed by atoms with Gasteiger partial charge < -0.3 is 54.3 Å². The molecule has 0 radical (unpaired) electrons. The number of carbonyl (C=O) groups excluding carboxylic acids is 2. The average molecular weight is 426 g/mol. The molecular formula is C16H26O13. The van der Waals surface area contributed by atoms with Crippen LogP contribution in [-0.4, -0.2) is 117 Å². The van der Waals surface area contributed by atoms with Crippen LogP contribution in [0.4, 0.5) is 0 Å². The van der Waals surface area contributed by atoms with E-state index in [2.05, 4.69) is 4.74 Å². The van der Waals surface area contributed by atoms with Gasteiger partial charge in [-0.1, -0.05) is 0 Å². The summed E-state index contributed by atoms with van der Waals surface area (Å²) in [6.45, 7) is 1.35. The summed E-state index contributed by atoms with van der Waals surface area (Å²) in [6.07, 6.45) is -16.2. The zero-order chi connectivity index (χ0) is 21.9. The Labute approximate surface area is 165 Å². The molecule has 0 aliphatic carbocycles. The second-order valence-corrected chi connectivity index (χ2v) is 6.77. The van der Waals surface area contributed by atoms with E-state index in [4.69, 9.17) is 18.9 Å². The second-order valence-electron chi connectivity index (χ2n) is 6.77. The minimum absolute atomic E-state index is 0.435. The molecule has 0 spiro atoms. The van der Waals surface area contributed by atoms with Crippen molar-refractivity contribution in [2.45, 2.75) is 75.3 Å². The van der Waals surface area contributed by atoms with Gasteiger partial charge in [0.2, 0.25) is 0 Å². The Morgan fingerprint density at radius 3 is 1.72 bits per heavy atom. The predicted molar refractivity (Wildman–Crippen MR) is 87.7 cm³/mol. The van der Waals surface area contributed by atoms with E-state index in [1.165, 1.54) is 0 Å². The van der Waals surface area contributed by atoms with Crippen LogP contribution in [0.15, 0.2) is 0 Å². The minimum Gasteiger partial charge on any atom is -0.463 e. The molecule has 2 aliphatic heterocycles. The van der Waals surface area contributed by atoms with Crippen LogP contribution in [0.3, 0.4) is 0 Å². The fraction of sp³-hybridized carbons (Fsp3) is 0.875. The van der Waals surface area contributed by atoms with E-state index < -0.39 is 86.6 Å². The number of hydrogen-bond acceptors (Lipinski definition) is 13. The first kappa shape index (κ1) is 23.9. The first-order valence-corrected chi connectivity index (χ1v) is 8.84. The summed E-state index contributed by atoms with van der Waals surface area (Å²) in [5.74, 6) is -1.33. The van der Waals surface area contributed by atoms with Gasteiger partial charge in [0.05, 0.1) is 0 Å². The number of carbonyl (C=O) groups is 2. The third kappa shape index (κ3) is 5.81. The molecule has 29 heavy (non-hydrogen) atoms. The molecule has 0 saturated carbocycles. The van der Waals surface area contributed by atoms with Crippen LogP contribution in [0.25, 0.3) is 0 Å². The Bertz CT molecular complexity index is 571. The van der Waals surface area contributed by atoms with Crippen molar-refractivity contribution in [3.05, 3.63) is 0 Å². The molecule has 2 heterocycles. The van der Waals surface area contributed by atoms with Crippen molar-refractivity contribution in [2.75, 3.05) is 13.2 Å². The van der Waals surface area contributed by atoms with Crippen LogP contribution in [-0.2, 0) is 33.3 Å². The molecule has 2 rings (SSSR count). The lowest BCUT2D eigenvalue weighted by molar-refractivity contribution is -0.361. The van der Waals surface area contributed by atoms with Crippen LogP contribution in [0.5, 0.6) is 0 Å². The molecule has 0 bridgehead atoms. The number of ether oxygens (including phenoxy) is 5. The molecule has 0 aromatic heterocycles. The topological polar surface area (TPSA) is 202 Å². The van der Waals surface area contributed by atoms with E-state index >= 15 is 0 Å². The van der Waals surface area contributed by atoms with Gasteiger partial charge in [-0.05, 0) is 0 Å². The molecule has 4 unspecified atom stereocenters. The van der Waals surface area contributed by atoms with Crippen LogP contribution in [0.1, 0.15) is 13.8 Å². The quantitative estimate of drug-likeness (QED) is 0.223. The molecule has 168 valence electrons. The lowest BCUT2D eigenvalue weighted by atomic mass is 9.97. The third-order valence-electron chi connectivity index (χ3n) is 4.52. The van der Waals surface area contributed by atoms with Crippen LogP contribution >= 0.6 is 0 Å². The van der Waals surface area contributed by atoms with Crippen LogP contribution < -0.4 is 0 Å². The molecule has 2 saturated heterocycles. The molecule has 2 fully saturated rings. The normalized spacial score (nSPS) is 42.9. The largest absolute Gasteiger partial charge is 0.463 e. The number of aliphatic hydroxyl groups is 6. The molecule has 0 aromatic rings. The molecule has 0 aromatic carbocycles. The summed E-state index contributed by atoms with van der Waals surface area (Å²) in [4.78, 5) is 21.8. The SMILES string of the molecule is CC(=O)OCC1O[C@@H](O[C@H]2C(O)[C@H](O)C(COC(C)=O)O[C@@H]2O)[C@@H](O)C(O)[C@@H]1O. The zero-order valence-corrected chi connectivity index (χ0v) is 15.7. The van der Waals surface area contributed by atoms with Crippen molar-refractivity contribution < 1.29 is 63.9 Å². The lowest BCUT2D eigenvalue weighted by Gasteiger charge is -2.45. The summed E-state index contributed by atoms with van der Waals surface area (Å²) in [7, 11) is 0. The fourth-order valence-electron chi connectivity index (χ4n) is 2.93. The highest BCUT2D eigenvalue weighted by Crippen LogP contribution is 2.28. The average Bonchev–Trinajstić information content (AvgIpc) is 2.65. The van der Waals surface area contributed by atoms with E-state index in [0.717, 1.165) is 13.8 Å². The number of hydrogen-bond donors (Lipinski definition) is 6. The maximum Gasteiger partial charge on any atom is 0.302 e. The highest BCUT2D eigenvalue weighted by atomic mass is 16.7. The summed E-state index contributed by atoms with van der Waals surface area (Å²) in [6, 6.07) is 0. The van der Waals surface area contributed by atoms with Gasteiger partial charge in [-0.25, -0.2) is 0 Å². The van der Waals surface area contributed by atoms with Gasteiger partial charge in [0.25, 0.3) is 0 Å². The summed E-state index contributed by atoms with van der Waals surface area (Å²) in [5.41, 5.74) is 0. The number of aliphatic hydroxyl groups excluding tert-OH is 6. The molecule has 0 amide bonds. The molecule has 6 N–H and O–H groups in total. The summed E-state index contributed by atoms with van der Waals surface area (Å²) < 4.78 is 25.1. The molecule has 13 nitrogen and oxygen atoms in total. The minimum atomic E-state index is -1.82. The Hall–Kier alpha value is -1.42. The Balaban J connectivity index is 2.04. The Kier molecular flexibility index (Phi) is 8.28. The maximum absolute atomic E-state index is 10.9. The van der Waals surface area contributed by atoms with Crippen molar-refractivity contribution in [1.82, 2.24) is 0 Å². The van der Waals surface area contributed by atoms with Gasteiger partial charge in [0.1, 0.15) is 62.0 Å². The summed E-state index contributed by atoms with van der Waals surface area (Å²) in [5, 5.41) is 60.5. The first-order valence-electron chi connectivity index (χ1n) is 8.84. The van der Waals surface area contributed by atoms with Crippen molar-refractivity contribution in [3.63, 3.8) is 0 Å². The highest BCUT2D eigenvalue weighted by molar-refractivity contribution is 5.66. The monoisotopic (exact) mass is 426 g/mol. The Morgan fingerprint density at radius 2 is 1.21 bits per heavy atom. The number of esters is 2. The molecular weight excluding hydrogens is 400 g/mol. The summed E-state index contributed by atoms with van der Waals surface area (Å²) >= 11 is 0. The van der Waals surface area contributed by atoms with Gasteiger partial charge >= 0.3 is 11.9 Å².